The summed E-state index contributed by atoms with van der Waals surface area (Å²) in [5.41, 5.74) is -1.14. The van der Waals surface area contributed by atoms with Gasteiger partial charge >= 0.3 is 6.18 Å². The molecule has 1 nitrogen and oxygen atoms in total. The van der Waals surface area contributed by atoms with Gasteiger partial charge in [-0.2, -0.15) is 13.2 Å². The third-order valence-electron chi connectivity index (χ3n) is 2.83. The molecule has 0 atom stereocenters. The summed E-state index contributed by atoms with van der Waals surface area (Å²) in [6, 6.07) is 3.42. The first-order chi connectivity index (χ1) is 8.00. The number of benzene rings is 1. The summed E-state index contributed by atoms with van der Waals surface area (Å²) in [6.45, 7) is 1.14. The lowest BCUT2D eigenvalue weighted by Gasteiger charge is -2.29. The number of hydrogen-bond donors (Lipinski definition) is 0. The van der Waals surface area contributed by atoms with Crippen LogP contribution in [0.4, 0.5) is 23.2 Å². The molecule has 1 saturated heterocycles. The number of hydrogen-bond acceptors (Lipinski definition) is 1. The van der Waals surface area contributed by atoms with Crippen LogP contribution in [0.5, 0.6) is 0 Å². The van der Waals surface area contributed by atoms with Crippen molar-refractivity contribution in [1.82, 2.24) is 0 Å². The van der Waals surface area contributed by atoms with Gasteiger partial charge in [0, 0.05) is 13.1 Å². The van der Waals surface area contributed by atoms with Crippen LogP contribution in [0.3, 0.4) is 0 Å². The number of alkyl halides is 3. The van der Waals surface area contributed by atoms with Crippen molar-refractivity contribution in [2.45, 2.75) is 19.0 Å². The number of nitrogens with zero attached hydrogens (tertiary/aromatic N) is 1. The first kappa shape index (κ1) is 12.2. The minimum absolute atomic E-state index is 0.0490. The van der Waals surface area contributed by atoms with Gasteiger partial charge in [0.2, 0.25) is 0 Å². The summed E-state index contributed by atoms with van der Waals surface area (Å²) in [5.74, 6) is -1.16. The van der Waals surface area contributed by atoms with Gasteiger partial charge in [-0.15, -0.1) is 0 Å². The largest absolute Gasteiger partial charge is 0.419 e. The Hall–Kier alpha value is -1.26. The second kappa shape index (κ2) is 4.55. The van der Waals surface area contributed by atoms with Gasteiger partial charge in [0.15, 0.2) is 5.82 Å². The zero-order chi connectivity index (χ0) is 12.5. The summed E-state index contributed by atoms with van der Waals surface area (Å²) in [7, 11) is 0. The fourth-order valence-electron chi connectivity index (χ4n) is 1.97. The highest BCUT2D eigenvalue weighted by atomic mass is 19.4. The molecule has 1 aliphatic heterocycles. The number of anilines is 1. The molecule has 0 spiro atoms. The van der Waals surface area contributed by atoms with E-state index in [0.717, 1.165) is 18.9 Å². The highest BCUT2D eigenvalue weighted by Gasteiger charge is 2.35. The van der Waals surface area contributed by atoms with Gasteiger partial charge < -0.3 is 4.90 Å². The monoisotopic (exact) mass is 246 g/mol. The predicted octanol–water partition coefficient (Wildman–Crippen LogP) is 3.65. The van der Waals surface area contributed by atoms with E-state index < -0.39 is 17.6 Å². The van der Waals surface area contributed by atoms with Gasteiger partial charge in [0.05, 0.1) is 11.3 Å². The van der Waals surface area contributed by atoms with Crippen LogP contribution in [-0.4, -0.2) is 13.1 Å². The number of rotatable bonds is 1. The first-order valence-electron chi connectivity index (χ1n) is 5.42. The zero-order valence-electron chi connectivity index (χ0n) is 9.10. The molecule has 0 saturated carbocycles. The minimum Gasteiger partial charge on any atom is -0.369 e. The van der Waals surface area contributed by atoms with E-state index in [0.29, 0.717) is 13.1 Å². The maximum Gasteiger partial charge on any atom is 0.419 e. The van der Waals surface area contributed by atoms with Crippen LogP contribution in [0.2, 0.25) is 0 Å². The van der Waals surface area contributed by atoms with Gasteiger partial charge in [-0.3, -0.25) is 0 Å². The third-order valence-corrected chi connectivity index (χ3v) is 2.83. The Kier molecular flexibility index (Phi) is 3.26. The van der Waals surface area contributed by atoms with Crippen molar-refractivity contribution < 1.29 is 17.6 Å². The first-order valence-corrected chi connectivity index (χ1v) is 5.42. The van der Waals surface area contributed by atoms with Crippen molar-refractivity contribution in [3.63, 3.8) is 0 Å². The number of halogens is 4. The van der Waals surface area contributed by atoms with Crippen LogP contribution in [0, 0.1) is 12.2 Å². The van der Waals surface area contributed by atoms with Crippen LogP contribution < -0.4 is 4.90 Å². The SMILES string of the molecule is Fc1c(N2CC[CH]CC2)cccc1C(F)(F)F. The molecular weight excluding hydrogens is 234 g/mol. The maximum atomic E-state index is 13.8. The molecule has 0 aromatic heterocycles. The van der Waals surface area contributed by atoms with Gasteiger partial charge in [-0.1, -0.05) is 6.07 Å². The van der Waals surface area contributed by atoms with Crippen molar-refractivity contribution in [3.05, 3.63) is 36.0 Å². The van der Waals surface area contributed by atoms with Crippen LogP contribution in [0.15, 0.2) is 18.2 Å². The standard InChI is InChI=1S/C12H12F4N/c13-11-9(12(14,15)16)5-4-6-10(11)17-7-2-1-3-8-17/h1,4-6H,2-3,7-8H2. The van der Waals surface area contributed by atoms with Crippen LogP contribution in [0.1, 0.15) is 18.4 Å². The molecule has 0 amide bonds. The van der Waals surface area contributed by atoms with Crippen molar-refractivity contribution in [3.8, 4) is 0 Å². The molecule has 1 radical (unpaired) electrons. The van der Waals surface area contributed by atoms with E-state index >= 15 is 0 Å². The van der Waals surface area contributed by atoms with E-state index in [1.54, 1.807) is 4.90 Å². The smallest absolute Gasteiger partial charge is 0.369 e. The van der Waals surface area contributed by atoms with E-state index in [2.05, 4.69) is 6.42 Å². The van der Waals surface area contributed by atoms with Crippen molar-refractivity contribution in [1.29, 1.82) is 0 Å². The molecule has 0 bridgehead atoms. The molecule has 0 aliphatic carbocycles. The van der Waals surface area contributed by atoms with Gasteiger partial charge in [0.1, 0.15) is 0 Å². The summed E-state index contributed by atoms with van der Waals surface area (Å²) in [6.07, 6.45) is -1.03. The lowest BCUT2D eigenvalue weighted by Crippen LogP contribution is -2.31. The molecule has 5 heteroatoms. The Bertz CT molecular complexity index is 394. The molecule has 1 aliphatic rings. The summed E-state index contributed by atoms with van der Waals surface area (Å²) < 4.78 is 51.4. The second-order valence-electron chi connectivity index (χ2n) is 3.99. The number of piperidine rings is 1. The average molecular weight is 246 g/mol. The lowest BCUT2D eigenvalue weighted by atomic mass is 10.1. The second-order valence-corrected chi connectivity index (χ2v) is 3.99. The Morgan fingerprint density at radius 2 is 1.71 bits per heavy atom. The topological polar surface area (TPSA) is 3.24 Å². The van der Waals surface area contributed by atoms with E-state index in [1.807, 2.05) is 0 Å². The summed E-state index contributed by atoms with van der Waals surface area (Å²) >= 11 is 0. The maximum absolute atomic E-state index is 13.8. The van der Waals surface area contributed by atoms with Gasteiger partial charge in [-0.25, -0.2) is 4.39 Å². The van der Waals surface area contributed by atoms with Crippen LogP contribution in [-0.2, 0) is 6.18 Å². The van der Waals surface area contributed by atoms with Crippen molar-refractivity contribution >= 4 is 5.69 Å². The molecule has 1 fully saturated rings. The molecule has 0 N–H and O–H groups in total. The summed E-state index contributed by atoms with van der Waals surface area (Å²) in [5, 5.41) is 0. The Morgan fingerprint density at radius 3 is 2.29 bits per heavy atom. The summed E-state index contributed by atoms with van der Waals surface area (Å²) in [4.78, 5) is 1.66. The third kappa shape index (κ3) is 2.53. The highest BCUT2D eigenvalue weighted by Crippen LogP contribution is 2.35. The van der Waals surface area contributed by atoms with Crippen LogP contribution >= 0.6 is 0 Å². The van der Waals surface area contributed by atoms with Gasteiger partial charge in [0.25, 0.3) is 0 Å². The van der Waals surface area contributed by atoms with Gasteiger partial charge in [-0.05, 0) is 31.4 Å². The quantitative estimate of drug-likeness (QED) is 0.684. The molecule has 1 aromatic rings. The van der Waals surface area contributed by atoms with E-state index in [1.165, 1.54) is 12.1 Å². The average Bonchev–Trinajstić information content (AvgIpc) is 2.29. The predicted molar refractivity (Wildman–Crippen MR) is 57.1 cm³/mol. The van der Waals surface area contributed by atoms with Crippen molar-refractivity contribution in [2.75, 3.05) is 18.0 Å². The molecular formula is C12H12F4N. The zero-order valence-corrected chi connectivity index (χ0v) is 9.10. The Labute approximate surface area is 97.0 Å². The molecule has 2 rings (SSSR count). The normalized spacial score (nSPS) is 17.3. The Morgan fingerprint density at radius 1 is 1.06 bits per heavy atom. The lowest BCUT2D eigenvalue weighted by molar-refractivity contribution is -0.139. The fourth-order valence-corrected chi connectivity index (χ4v) is 1.97. The molecule has 93 valence electrons. The molecule has 0 unspecified atom stereocenters. The Balaban J connectivity index is 2.35. The van der Waals surface area contributed by atoms with Crippen LogP contribution in [0.25, 0.3) is 0 Å². The minimum atomic E-state index is -4.64. The molecule has 1 aromatic carbocycles. The van der Waals surface area contributed by atoms with E-state index in [4.69, 9.17) is 0 Å². The van der Waals surface area contributed by atoms with E-state index in [-0.39, 0.29) is 5.69 Å². The van der Waals surface area contributed by atoms with Crippen molar-refractivity contribution in [2.24, 2.45) is 0 Å². The highest BCUT2D eigenvalue weighted by molar-refractivity contribution is 5.51. The molecule has 17 heavy (non-hydrogen) atoms. The fraction of sp³-hybridized carbons (Fsp3) is 0.417. The molecule has 1 heterocycles. The van der Waals surface area contributed by atoms with E-state index in [9.17, 15) is 17.6 Å².